The number of benzene rings is 1. The maximum atomic E-state index is 12.8. The predicted octanol–water partition coefficient (Wildman–Crippen LogP) is 5.01. The summed E-state index contributed by atoms with van der Waals surface area (Å²) in [5, 5.41) is 0. The first-order chi connectivity index (χ1) is 12.1. The fourth-order valence-corrected chi connectivity index (χ4v) is 2.38. The summed E-state index contributed by atoms with van der Waals surface area (Å²) in [6.07, 6.45) is -15.2. The molecule has 0 aliphatic carbocycles. The molecule has 0 atom stereocenters. The molecule has 0 saturated heterocycles. The van der Waals surface area contributed by atoms with Crippen LogP contribution in [0.25, 0.3) is 0 Å². The van der Waals surface area contributed by atoms with Crippen molar-refractivity contribution in [2.45, 2.75) is 25.1 Å². The van der Waals surface area contributed by atoms with Gasteiger partial charge >= 0.3 is 18.5 Å². The Balaban J connectivity index is 2.58. The van der Waals surface area contributed by atoms with Crippen LogP contribution in [0.3, 0.4) is 0 Å². The number of alkyl halides is 9. The van der Waals surface area contributed by atoms with Gasteiger partial charge in [0.25, 0.3) is 5.56 Å². The lowest BCUT2D eigenvalue weighted by molar-refractivity contribution is -0.143. The molecule has 0 amide bonds. The number of hydrogen-bond donors (Lipinski definition) is 1. The lowest BCUT2D eigenvalue weighted by Gasteiger charge is -2.15. The van der Waals surface area contributed by atoms with Crippen molar-refractivity contribution in [2.75, 3.05) is 0 Å². The topological polar surface area (TPSA) is 37.8 Å². The lowest BCUT2D eigenvalue weighted by Crippen LogP contribution is -2.25. The number of H-pyrrole nitrogens is 1. The molecule has 3 nitrogen and oxygen atoms in total. The number of hydrogen-bond acceptors (Lipinski definition) is 2. The number of nitrogens with zero attached hydrogens (tertiary/aromatic N) is 1. The van der Waals surface area contributed by atoms with Crippen molar-refractivity contribution in [3.8, 4) is 0 Å². The summed E-state index contributed by atoms with van der Waals surface area (Å²) in [5.41, 5.74) is -6.69. The van der Waals surface area contributed by atoms with E-state index in [1.54, 1.807) is 4.98 Å². The molecule has 13 heteroatoms. The van der Waals surface area contributed by atoms with E-state index in [1.165, 1.54) is 0 Å². The summed E-state index contributed by atoms with van der Waals surface area (Å²) in [6, 6.07) is 0.704. The average molecular weight is 422 g/mol. The Morgan fingerprint density at radius 2 is 1.30 bits per heavy atom. The van der Waals surface area contributed by atoms with Crippen molar-refractivity contribution in [1.82, 2.24) is 9.55 Å². The standard InChI is InChI=1S/C14H7F9N2OS/c15-12(16,17)7-1-6(2-8(3-7)13(18,19)20)5-25-10(26)4-9(14(21,22)23)24-11(25)27/h1-4H,5H2,(H,24,27). The molecule has 0 fully saturated rings. The molecule has 148 valence electrons. The van der Waals surface area contributed by atoms with Crippen LogP contribution in [-0.2, 0) is 25.1 Å². The first kappa shape index (κ1) is 21.0. The Hall–Kier alpha value is -2.31. The highest BCUT2D eigenvalue weighted by Crippen LogP contribution is 2.36. The van der Waals surface area contributed by atoms with Crippen molar-refractivity contribution < 1.29 is 39.5 Å². The predicted molar refractivity (Wildman–Crippen MR) is 76.4 cm³/mol. The van der Waals surface area contributed by atoms with Gasteiger partial charge in [0.15, 0.2) is 4.77 Å². The van der Waals surface area contributed by atoms with Gasteiger partial charge in [-0.05, 0) is 36.0 Å². The average Bonchev–Trinajstić information content (AvgIpc) is 2.47. The minimum atomic E-state index is -5.11. The highest BCUT2D eigenvalue weighted by Gasteiger charge is 2.37. The van der Waals surface area contributed by atoms with Crippen LogP contribution in [0.1, 0.15) is 22.4 Å². The van der Waals surface area contributed by atoms with E-state index in [0.29, 0.717) is 16.7 Å². The second-order valence-corrected chi connectivity index (χ2v) is 5.71. The van der Waals surface area contributed by atoms with E-state index in [0.717, 1.165) is 0 Å². The molecule has 1 aromatic carbocycles. The molecule has 2 rings (SSSR count). The quantitative estimate of drug-likeness (QED) is 0.546. The third kappa shape index (κ3) is 4.90. The van der Waals surface area contributed by atoms with E-state index in [2.05, 4.69) is 12.2 Å². The molecular weight excluding hydrogens is 415 g/mol. The van der Waals surface area contributed by atoms with Gasteiger partial charge in [-0.1, -0.05) is 0 Å². The number of aromatic amines is 1. The van der Waals surface area contributed by atoms with Crippen LogP contribution in [0.4, 0.5) is 39.5 Å². The largest absolute Gasteiger partial charge is 0.431 e. The number of nitrogens with one attached hydrogen (secondary N) is 1. The Morgan fingerprint density at radius 1 is 0.815 bits per heavy atom. The van der Waals surface area contributed by atoms with Crippen molar-refractivity contribution >= 4 is 12.2 Å². The van der Waals surface area contributed by atoms with Gasteiger partial charge in [-0.2, -0.15) is 39.5 Å². The fraction of sp³-hybridized carbons (Fsp3) is 0.286. The highest BCUT2D eigenvalue weighted by atomic mass is 32.1. The number of rotatable bonds is 2. The van der Waals surface area contributed by atoms with Crippen molar-refractivity contribution in [2.24, 2.45) is 0 Å². The highest BCUT2D eigenvalue weighted by molar-refractivity contribution is 7.71. The molecule has 27 heavy (non-hydrogen) atoms. The van der Waals surface area contributed by atoms with Gasteiger partial charge in [0.1, 0.15) is 5.69 Å². The van der Waals surface area contributed by atoms with Gasteiger partial charge in [-0.3, -0.25) is 9.36 Å². The number of aromatic nitrogens is 2. The zero-order valence-corrected chi connectivity index (χ0v) is 13.5. The van der Waals surface area contributed by atoms with Crippen LogP contribution in [0.2, 0.25) is 0 Å². The second kappa shape index (κ2) is 6.69. The maximum absolute atomic E-state index is 12.8. The van der Waals surface area contributed by atoms with Gasteiger partial charge < -0.3 is 4.98 Å². The molecule has 0 aliphatic rings. The molecule has 0 saturated carbocycles. The molecule has 1 aromatic heterocycles. The van der Waals surface area contributed by atoms with Crippen molar-refractivity contribution in [3.63, 3.8) is 0 Å². The lowest BCUT2D eigenvalue weighted by atomic mass is 10.0. The minimum Gasteiger partial charge on any atom is -0.328 e. The van der Waals surface area contributed by atoms with Gasteiger partial charge in [0, 0.05) is 6.07 Å². The molecule has 0 unspecified atom stereocenters. The molecule has 1 heterocycles. The Morgan fingerprint density at radius 3 is 1.67 bits per heavy atom. The summed E-state index contributed by atoms with van der Waals surface area (Å²) in [4.78, 5) is 13.5. The first-order valence-electron chi connectivity index (χ1n) is 6.79. The summed E-state index contributed by atoms with van der Waals surface area (Å²) < 4.78 is 114. The summed E-state index contributed by atoms with van der Waals surface area (Å²) in [7, 11) is 0. The van der Waals surface area contributed by atoms with E-state index in [9.17, 15) is 44.3 Å². The smallest absolute Gasteiger partial charge is 0.328 e. The van der Waals surface area contributed by atoms with Crippen LogP contribution in [-0.4, -0.2) is 9.55 Å². The normalized spacial score (nSPS) is 13.1. The van der Waals surface area contributed by atoms with E-state index in [4.69, 9.17) is 0 Å². The SMILES string of the molecule is O=c1cc(C(F)(F)F)[nH]c(=S)n1Cc1cc(C(F)(F)F)cc(C(F)(F)F)c1. The van der Waals surface area contributed by atoms with Gasteiger partial charge in [0.05, 0.1) is 17.7 Å². The Labute approximate surface area is 149 Å². The van der Waals surface area contributed by atoms with Crippen molar-refractivity contribution in [3.05, 3.63) is 61.8 Å². The zero-order valence-electron chi connectivity index (χ0n) is 12.7. The van der Waals surface area contributed by atoms with Crippen LogP contribution >= 0.6 is 12.2 Å². The van der Waals surface area contributed by atoms with E-state index in [1.807, 2.05) is 0 Å². The second-order valence-electron chi connectivity index (χ2n) is 5.32. The van der Waals surface area contributed by atoms with E-state index >= 15 is 0 Å². The Kier molecular flexibility index (Phi) is 5.20. The summed E-state index contributed by atoms with van der Waals surface area (Å²) in [6.45, 7) is -0.890. The first-order valence-corrected chi connectivity index (χ1v) is 7.19. The zero-order chi connectivity index (χ0) is 20.8. The van der Waals surface area contributed by atoms with Crippen LogP contribution in [0, 0.1) is 4.77 Å². The van der Waals surface area contributed by atoms with Crippen LogP contribution in [0.5, 0.6) is 0 Å². The van der Waals surface area contributed by atoms with Crippen LogP contribution < -0.4 is 5.56 Å². The van der Waals surface area contributed by atoms with Crippen LogP contribution in [0.15, 0.2) is 29.1 Å². The third-order valence-electron chi connectivity index (χ3n) is 3.31. The molecule has 0 spiro atoms. The van der Waals surface area contributed by atoms with Gasteiger partial charge in [0.2, 0.25) is 0 Å². The molecular formula is C14H7F9N2OS. The minimum absolute atomic E-state index is 0.105. The monoisotopic (exact) mass is 422 g/mol. The molecule has 1 N–H and O–H groups in total. The molecule has 0 aliphatic heterocycles. The van der Waals surface area contributed by atoms with E-state index < -0.39 is 57.8 Å². The fourth-order valence-electron chi connectivity index (χ4n) is 2.12. The van der Waals surface area contributed by atoms with Gasteiger partial charge in [-0.25, -0.2) is 0 Å². The van der Waals surface area contributed by atoms with Gasteiger partial charge in [-0.15, -0.1) is 0 Å². The molecule has 0 radical (unpaired) electrons. The molecule has 2 aromatic rings. The van der Waals surface area contributed by atoms with E-state index in [-0.39, 0.29) is 12.1 Å². The molecule has 0 bridgehead atoms. The van der Waals surface area contributed by atoms with Crippen molar-refractivity contribution in [1.29, 1.82) is 0 Å². The summed E-state index contributed by atoms with van der Waals surface area (Å²) in [5.74, 6) is 0. The maximum Gasteiger partial charge on any atom is 0.431 e. The summed E-state index contributed by atoms with van der Waals surface area (Å²) >= 11 is 4.57. The number of halogens is 9. The third-order valence-corrected chi connectivity index (χ3v) is 3.64. The Bertz CT molecular complexity index is 903.